The van der Waals surface area contributed by atoms with E-state index in [2.05, 4.69) is 5.32 Å². The van der Waals surface area contributed by atoms with Gasteiger partial charge in [-0.1, -0.05) is 30.3 Å². The van der Waals surface area contributed by atoms with Crippen LogP contribution in [-0.2, 0) is 52.4 Å². The van der Waals surface area contributed by atoms with E-state index in [0.717, 1.165) is 11.1 Å². The third-order valence-electron chi connectivity index (χ3n) is 8.03. The zero-order valence-corrected chi connectivity index (χ0v) is 33.5. The number of esters is 5. The summed E-state index contributed by atoms with van der Waals surface area (Å²) in [5.41, 5.74) is -2.08. The Morgan fingerprint density at radius 2 is 1.19 bits per heavy atom. The second-order valence-electron chi connectivity index (χ2n) is 17.3. The van der Waals surface area contributed by atoms with E-state index < -0.39 is 88.2 Å². The lowest BCUT2D eigenvalue weighted by Gasteiger charge is -2.47. The standard InChI is InChI=1S/C40H61NO11/c1-15-47-28(42)22-18-21-26(25-20-17-16-19-24(25)2)41-32-31(52-36(46)40(12,13)14)30(51-35(45)39(9,10)11)29(50-34(44)38(6,7)8)27(49-32)23-48-33(43)37(3,4)5/h16-20,22,26-27,29-32,41H,15,21,23H2,1-14H3/b22-18+/t26-,27+,29-,30-,31+,32+/m0/s1. The van der Waals surface area contributed by atoms with Gasteiger partial charge in [0.2, 0.25) is 0 Å². The largest absolute Gasteiger partial charge is 0.463 e. The van der Waals surface area contributed by atoms with Crippen LogP contribution in [-0.4, -0.2) is 73.7 Å². The molecule has 0 unspecified atom stereocenters. The van der Waals surface area contributed by atoms with Gasteiger partial charge in [0.05, 0.1) is 28.3 Å². The second kappa shape index (κ2) is 17.8. The molecule has 2 rings (SSSR count). The van der Waals surface area contributed by atoms with E-state index in [-0.39, 0.29) is 19.6 Å². The van der Waals surface area contributed by atoms with Crippen LogP contribution >= 0.6 is 0 Å². The van der Waals surface area contributed by atoms with Gasteiger partial charge in [0.1, 0.15) is 12.7 Å². The van der Waals surface area contributed by atoms with E-state index in [1.807, 2.05) is 31.2 Å². The first kappa shape index (κ1) is 44.4. The van der Waals surface area contributed by atoms with Gasteiger partial charge in [-0.15, -0.1) is 0 Å². The van der Waals surface area contributed by atoms with Crippen LogP contribution in [0.25, 0.3) is 0 Å². The Hall–Kier alpha value is -3.77. The molecule has 1 heterocycles. The number of benzene rings is 1. The first-order valence-corrected chi connectivity index (χ1v) is 17.9. The molecule has 12 nitrogen and oxygen atoms in total. The van der Waals surface area contributed by atoms with Crippen LogP contribution in [0.5, 0.6) is 0 Å². The minimum atomic E-state index is -1.40. The maximum absolute atomic E-state index is 13.6. The summed E-state index contributed by atoms with van der Waals surface area (Å²) in [5, 5.41) is 3.44. The molecule has 1 fully saturated rings. The maximum Gasteiger partial charge on any atom is 0.330 e. The second-order valence-corrected chi connectivity index (χ2v) is 17.3. The number of aryl methyl sites for hydroxylation is 1. The highest BCUT2D eigenvalue weighted by Gasteiger charge is 2.55. The van der Waals surface area contributed by atoms with Crippen molar-refractivity contribution in [3.8, 4) is 0 Å². The highest BCUT2D eigenvalue weighted by atomic mass is 16.7. The molecule has 1 aromatic carbocycles. The predicted octanol–water partition coefficient (Wildman–Crippen LogP) is 6.32. The summed E-state index contributed by atoms with van der Waals surface area (Å²) in [6.07, 6.45) is -3.23. The van der Waals surface area contributed by atoms with E-state index in [9.17, 15) is 24.0 Å². The lowest BCUT2D eigenvalue weighted by Crippen LogP contribution is -2.66. The van der Waals surface area contributed by atoms with Crippen LogP contribution < -0.4 is 5.32 Å². The highest BCUT2D eigenvalue weighted by Crippen LogP contribution is 2.35. The molecular formula is C40H61NO11. The molecule has 292 valence electrons. The van der Waals surface area contributed by atoms with Crippen LogP contribution in [0.1, 0.15) is 114 Å². The van der Waals surface area contributed by atoms with Crippen molar-refractivity contribution >= 4 is 29.8 Å². The van der Waals surface area contributed by atoms with Crippen molar-refractivity contribution in [3.63, 3.8) is 0 Å². The minimum absolute atomic E-state index is 0.218. The van der Waals surface area contributed by atoms with Gasteiger partial charge < -0.3 is 28.4 Å². The van der Waals surface area contributed by atoms with Crippen molar-refractivity contribution in [1.29, 1.82) is 0 Å². The van der Waals surface area contributed by atoms with Crippen molar-refractivity contribution in [2.75, 3.05) is 13.2 Å². The van der Waals surface area contributed by atoms with E-state index in [4.69, 9.17) is 28.4 Å². The zero-order valence-electron chi connectivity index (χ0n) is 33.5. The quantitative estimate of drug-likeness (QED) is 0.145. The molecular weight excluding hydrogens is 670 g/mol. The molecule has 1 aliphatic rings. The number of carbonyl (C=O) groups is 5. The van der Waals surface area contributed by atoms with Crippen molar-refractivity contribution in [3.05, 3.63) is 47.5 Å². The average molecular weight is 732 g/mol. The SMILES string of the molecule is CCOC(=O)/C=C/C[C@H](N[C@@H]1O[C@H](COC(=O)C(C)(C)C)[C@H](OC(=O)C(C)(C)C)[C@H](OC(=O)C(C)(C)C)[C@H]1OC(=O)C(C)(C)C)c1ccccc1C. The Kier molecular flexibility index (Phi) is 15.2. The Bertz CT molecular complexity index is 1440. The van der Waals surface area contributed by atoms with Crippen molar-refractivity contribution in [2.24, 2.45) is 21.7 Å². The predicted molar refractivity (Wildman–Crippen MR) is 195 cm³/mol. The fourth-order valence-electron chi connectivity index (χ4n) is 4.82. The summed E-state index contributed by atoms with van der Waals surface area (Å²) in [6.45, 7) is 23.6. The monoisotopic (exact) mass is 731 g/mol. The van der Waals surface area contributed by atoms with E-state index in [0.29, 0.717) is 0 Å². The minimum Gasteiger partial charge on any atom is -0.463 e. The number of hydrogen-bond acceptors (Lipinski definition) is 12. The van der Waals surface area contributed by atoms with Crippen molar-refractivity contribution in [1.82, 2.24) is 5.32 Å². The molecule has 0 spiro atoms. The molecule has 1 N–H and O–H groups in total. The lowest BCUT2D eigenvalue weighted by molar-refractivity contribution is -0.266. The molecule has 1 aromatic rings. The molecule has 6 atom stereocenters. The van der Waals surface area contributed by atoms with E-state index >= 15 is 0 Å². The molecule has 0 aliphatic carbocycles. The van der Waals surface area contributed by atoms with Gasteiger partial charge in [-0.3, -0.25) is 24.5 Å². The summed E-state index contributed by atoms with van der Waals surface area (Å²) in [7, 11) is 0. The van der Waals surface area contributed by atoms with Gasteiger partial charge in [-0.2, -0.15) is 0 Å². The number of hydrogen-bond donors (Lipinski definition) is 1. The van der Waals surface area contributed by atoms with Crippen LogP contribution in [0.15, 0.2) is 36.4 Å². The Morgan fingerprint density at radius 1 is 0.712 bits per heavy atom. The Balaban J connectivity index is 2.83. The molecule has 1 saturated heterocycles. The van der Waals surface area contributed by atoms with Gasteiger partial charge in [0.25, 0.3) is 0 Å². The van der Waals surface area contributed by atoms with Crippen LogP contribution in [0.2, 0.25) is 0 Å². The zero-order chi connectivity index (χ0) is 39.8. The van der Waals surface area contributed by atoms with Crippen LogP contribution in [0.3, 0.4) is 0 Å². The summed E-state index contributed by atoms with van der Waals surface area (Å²) in [4.78, 5) is 66.0. The van der Waals surface area contributed by atoms with E-state index in [1.165, 1.54) is 6.08 Å². The molecule has 52 heavy (non-hydrogen) atoms. The summed E-state index contributed by atoms with van der Waals surface area (Å²) >= 11 is 0. The van der Waals surface area contributed by atoms with Gasteiger partial charge in [-0.05, 0) is 114 Å². The summed E-state index contributed by atoms with van der Waals surface area (Å²) in [5.74, 6) is -2.95. The molecule has 12 heteroatoms. The number of nitrogens with one attached hydrogen (secondary N) is 1. The fourth-order valence-corrected chi connectivity index (χ4v) is 4.82. The van der Waals surface area contributed by atoms with Crippen molar-refractivity contribution < 1.29 is 52.4 Å². The molecule has 0 radical (unpaired) electrons. The van der Waals surface area contributed by atoms with Crippen molar-refractivity contribution in [2.45, 2.75) is 140 Å². The van der Waals surface area contributed by atoms with Crippen LogP contribution in [0.4, 0.5) is 0 Å². The van der Waals surface area contributed by atoms with Gasteiger partial charge in [0.15, 0.2) is 24.5 Å². The van der Waals surface area contributed by atoms with Gasteiger partial charge >= 0.3 is 29.8 Å². The third kappa shape index (κ3) is 13.0. The third-order valence-corrected chi connectivity index (χ3v) is 8.03. The highest BCUT2D eigenvalue weighted by molar-refractivity contribution is 5.82. The first-order chi connectivity index (χ1) is 23.8. The molecule has 0 aromatic heterocycles. The molecule has 1 aliphatic heterocycles. The topological polar surface area (TPSA) is 153 Å². The molecule has 0 bridgehead atoms. The molecule has 0 amide bonds. The smallest absolute Gasteiger partial charge is 0.330 e. The van der Waals surface area contributed by atoms with E-state index in [1.54, 1.807) is 96.1 Å². The maximum atomic E-state index is 13.6. The number of rotatable bonds is 12. The van der Waals surface area contributed by atoms with Crippen LogP contribution in [0, 0.1) is 28.6 Å². The lowest BCUT2D eigenvalue weighted by atomic mass is 9.91. The normalized spacial score (nSPS) is 21.9. The van der Waals surface area contributed by atoms with Gasteiger partial charge in [0, 0.05) is 12.1 Å². The first-order valence-electron chi connectivity index (χ1n) is 17.9. The Labute approximate surface area is 309 Å². The summed E-state index contributed by atoms with van der Waals surface area (Å²) < 4.78 is 35.8. The fraction of sp³-hybridized carbons (Fsp3) is 0.675. The number of carbonyl (C=O) groups excluding carboxylic acids is 5. The molecule has 0 saturated carbocycles. The Morgan fingerprint density at radius 3 is 1.67 bits per heavy atom. The average Bonchev–Trinajstić information content (AvgIpc) is 3.00. The number of ether oxygens (including phenoxy) is 6. The van der Waals surface area contributed by atoms with Gasteiger partial charge in [-0.25, -0.2) is 4.79 Å². The summed E-state index contributed by atoms with van der Waals surface area (Å²) in [6, 6.07) is 7.07.